The predicted octanol–water partition coefficient (Wildman–Crippen LogP) is 8.80. The zero-order chi connectivity index (χ0) is 27.6. The van der Waals surface area contributed by atoms with Crippen molar-refractivity contribution >= 4 is 11.8 Å². The molecule has 0 heterocycles. The summed E-state index contributed by atoms with van der Waals surface area (Å²) < 4.78 is 6.21. The van der Waals surface area contributed by atoms with Crippen LogP contribution in [0, 0.1) is 57.2 Å². The molecule has 0 N–H and O–H groups in total. The van der Waals surface area contributed by atoms with E-state index < -0.39 is 0 Å². The molecule has 1 unspecified atom stereocenters. The Balaban J connectivity index is 1.69. The molecule has 9 atom stereocenters. The fourth-order valence-electron chi connectivity index (χ4n) is 9.99. The van der Waals surface area contributed by atoms with Crippen LogP contribution in [0.2, 0.25) is 0 Å². The van der Waals surface area contributed by atoms with Crippen LogP contribution in [0.1, 0.15) is 127 Å². The van der Waals surface area contributed by atoms with Crippen LogP contribution in [-0.2, 0) is 14.3 Å². The Hall–Kier alpha value is -1.12. The molecule has 0 aromatic carbocycles. The molecule has 37 heavy (non-hydrogen) atoms. The van der Waals surface area contributed by atoms with Gasteiger partial charge in [-0.3, -0.25) is 9.59 Å². The van der Waals surface area contributed by atoms with E-state index in [2.05, 4.69) is 68.4 Å². The van der Waals surface area contributed by atoms with Crippen LogP contribution in [0.5, 0.6) is 0 Å². The molecule has 0 bridgehead atoms. The predicted molar refractivity (Wildman–Crippen MR) is 152 cm³/mol. The normalized spacial score (nSPS) is 42.5. The van der Waals surface area contributed by atoms with Gasteiger partial charge >= 0.3 is 5.97 Å². The number of ketones is 1. The average Bonchev–Trinajstić information content (AvgIpc) is 3.10. The standard InChI is InChI=1S/C34H56O3/c1-11-30(36)37-29(13-12-21(2)3)31(6,7)28-15-17-33(9)25-19-27(35)26-18-22(4)23(5)20-32(26,8)24(25)14-16-34(28,33)10/h19,21-24,26,28-29H,11-18,20H2,1-10H3/t22-,23+,24?,26+,28-,29-,32-,33+,34-/m1/s1. The van der Waals surface area contributed by atoms with Gasteiger partial charge in [-0.1, -0.05) is 74.8 Å². The first-order chi connectivity index (χ1) is 17.1. The summed E-state index contributed by atoms with van der Waals surface area (Å²) >= 11 is 0. The molecule has 0 spiro atoms. The molecule has 0 amide bonds. The van der Waals surface area contributed by atoms with Gasteiger partial charge in [0.05, 0.1) is 0 Å². The molecule has 4 aliphatic carbocycles. The number of carbonyl (C=O) groups is 2. The minimum atomic E-state index is -0.112. The largest absolute Gasteiger partial charge is 0.462 e. The van der Waals surface area contributed by atoms with Crippen molar-refractivity contribution in [2.45, 2.75) is 133 Å². The van der Waals surface area contributed by atoms with E-state index in [-0.39, 0.29) is 39.7 Å². The molecule has 0 aromatic heterocycles. The Morgan fingerprint density at radius 3 is 2.35 bits per heavy atom. The lowest BCUT2D eigenvalue weighted by atomic mass is 9.42. The second kappa shape index (κ2) is 9.81. The zero-order valence-electron chi connectivity index (χ0n) is 25.7. The highest BCUT2D eigenvalue weighted by Gasteiger charge is 2.67. The first kappa shape index (κ1) is 28.9. The van der Waals surface area contributed by atoms with E-state index in [0.29, 0.717) is 41.8 Å². The summed E-state index contributed by atoms with van der Waals surface area (Å²) in [6, 6.07) is 0. The van der Waals surface area contributed by atoms with Gasteiger partial charge in [0.2, 0.25) is 0 Å². The number of fused-ring (bicyclic) bond motifs is 5. The van der Waals surface area contributed by atoms with Crippen LogP contribution in [0.4, 0.5) is 0 Å². The summed E-state index contributed by atoms with van der Waals surface area (Å²) in [5.74, 6) is 3.42. The van der Waals surface area contributed by atoms with E-state index in [1.165, 1.54) is 24.8 Å². The van der Waals surface area contributed by atoms with Gasteiger partial charge in [-0.05, 0) is 103 Å². The van der Waals surface area contributed by atoms with E-state index in [1.54, 1.807) is 0 Å². The minimum Gasteiger partial charge on any atom is -0.462 e. The number of hydrogen-bond acceptors (Lipinski definition) is 3. The van der Waals surface area contributed by atoms with Crippen LogP contribution >= 0.6 is 0 Å². The maximum Gasteiger partial charge on any atom is 0.305 e. The summed E-state index contributed by atoms with van der Waals surface area (Å²) in [5, 5.41) is 0. The van der Waals surface area contributed by atoms with E-state index >= 15 is 0 Å². The number of hydrogen-bond donors (Lipinski definition) is 0. The topological polar surface area (TPSA) is 43.4 Å². The number of rotatable bonds is 7. The Morgan fingerprint density at radius 2 is 1.73 bits per heavy atom. The first-order valence-electron chi connectivity index (χ1n) is 15.6. The third kappa shape index (κ3) is 4.47. The summed E-state index contributed by atoms with van der Waals surface area (Å²) in [7, 11) is 0. The summed E-state index contributed by atoms with van der Waals surface area (Å²) in [6.45, 7) is 23.4. The minimum absolute atomic E-state index is 0.0329. The molecule has 3 fully saturated rings. The fraction of sp³-hybridized carbons (Fsp3) is 0.882. The molecule has 0 saturated heterocycles. The molecule has 0 aliphatic heterocycles. The molecule has 4 rings (SSSR count). The number of carbonyl (C=O) groups excluding carboxylic acids is 2. The van der Waals surface area contributed by atoms with Crippen molar-refractivity contribution in [2.24, 2.45) is 57.2 Å². The SMILES string of the molecule is CCC(=O)O[C@H](CCC(C)C)C(C)(C)[C@H]1CC[C@@]2(C)C3=CC(=O)[C@@H]4C[C@@H](C)[C@@H](C)C[C@]4(C)C3CC[C@]12C. The van der Waals surface area contributed by atoms with Gasteiger partial charge < -0.3 is 4.74 Å². The van der Waals surface area contributed by atoms with Gasteiger partial charge in [-0.2, -0.15) is 0 Å². The zero-order valence-corrected chi connectivity index (χ0v) is 25.7. The van der Waals surface area contributed by atoms with Crippen molar-refractivity contribution in [3.05, 3.63) is 11.6 Å². The van der Waals surface area contributed by atoms with Crippen molar-refractivity contribution in [2.75, 3.05) is 0 Å². The fourth-order valence-corrected chi connectivity index (χ4v) is 9.99. The van der Waals surface area contributed by atoms with Gasteiger partial charge in [0.1, 0.15) is 6.10 Å². The second-order valence-corrected chi connectivity index (χ2v) is 15.5. The van der Waals surface area contributed by atoms with Crippen LogP contribution in [0.25, 0.3) is 0 Å². The summed E-state index contributed by atoms with van der Waals surface area (Å²) in [4.78, 5) is 26.3. The molecule has 0 radical (unpaired) electrons. The van der Waals surface area contributed by atoms with E-state index in [1.807, 2.05) is 6.92 Å². The molecule has 3 heteroatoms. The molecule has 210 valence electrons. The van der Waals surface area contributed by atoms with Crippen LogP contribution in [-0.4, -0.2) is 17.9 Å². The monoisotopic (exact) mass is 512 g/mol. The van der Waals surface area contributed by atoms with Crippen LogP contribution in [0.3, 0.4) is 0 Å². The van der Waals surface area contributed by atoms with Gasteiger partial charge in [0.15, 0.2) is 5.78 Å². The summed E-state index contributed by atoms with van der Waals surface area (Å²) in [5.41, 5.74) is 1.60. The molecular formula is C34H56O3. The second-order valence-electron chi connectivity index (χ2n) is 15.5. The van der Waals surface area contributed by atoms with Crippen molar-refractivity contribution in [1.29, 1.82) is 0 Å². The number of allylic oxidation sites excluding steroid dienone is 2. The lowest BCUT2D eigenvalue weighted by Crippen LogP contribution is -2.57. The van der Waals surface area contributed by atoms with Crippen molar-refractivity contribution in [1.82, 2.24) is 0 Å². The lowest BCUT2D eigenvalue weighted by molar-refractivity contribution is -0.163. The highest BCUT2D eigenvalue weighted by molar-refractivity contribution is 5.94. The Labute approximate surface area is 228 Å². The Bertz CT molecular complexity index is 929. The maximum atomic E-state index is 13.7. The van der Waals surface area contributed by atoms with Gasteiger partial charge in [0, 0.05) is 17.8 Å². The number of esters is 1. The highest BCUT2D eigenvalue weighted by atomic mass is 16.5. The van der Waals surface area contributed by atoms with Crippen LogP contribution in [0.15, 0.2) is 11.6 Å². The van der Waals surface area contributed by atoms with Crippen molar-refractivity contribution < 1.29 is 14.3 Å². The molecule has 0 aromatic rings. The average molecular weight is 513 g/mol. The number of ether oxygens (including phenoxy) is 1. The molecule has 3 nitrogen and oxygen atoms in total. The van der Waals surface area contributed by atoms with Crippen molar-refractivity contribution in [3.8, 4) is 0 Å². The Morgan fingerprint density at radius 1 is 1.05 bits per heavy atom. The summed E-state index contributed by atoms with van der Waals surface area (Å²) in [6.07, 6.45) is 11.4. The third-order valence-electron chi connectivity index (χ3n) is 12.8. The third-order valence-corrected chi connectivity index (χ3v) is 12.8. The Kier molecular flexibility index (Phi) is 7.66. The quantitative estimate of drug-likeness (QED) is 0.320. The molecular weight excluding hydrogens is 456 g/mol. The van der Waals surface area contributed by atoms with Gasteiger partial charge in [-0.25, -0.2) is 0 Å². The van der Waals surface area contributed by atoms with E-state index in [0.717, 1.165) is 32.1 Å². The van der Waals surface area contributed by atoms with Crippen LogP contribution < -0.4 is 0 Å². The lowest BCUT2D eigenvalue weighted by Gasteiger charge is -2.62. The first-order valence-corrected chi connectivity index (χ1v) is 15.6. The molecule has 3 saturated carbocycles. The van der Waals surface area contributed by atoms with Gasteiger partial charge in [0.25, 0.3) is 0 Å². The van der Waals surface area contributed by atoms with Crippen molar-refractivity contribution in [3.63, 3.8) is 0 Å². The maximum absolute atomic E-state index is 13.7. The smallest absolute Gasteiger partial charge is 0.305 e. The molecule has 4 aliphatic rings. The van der Waals surface area contributed by atoms with E-state index in [4.69, 9.17) is 4.74 Å². The van der Waals surface area contributed by atoms with Gasteiger partial charge in [-0.15, -0.1) is 0 Å². The highest BCUT2D eigenvalue weighted by Crippen LogP contribution is 2.73. The van der Waals surface area contributed by atoms with E-state index in [9.17, 15) is 9.59 Å².